The summed E-state index contributed by atoms with van der Waals surface area (Å²) in [5.74, 6) is 0.488. The zero-order valence-corrected chi connectivity index (χ0v) is 20.7. The second-order valence-electron chi connectivity index (χ2n) is 7.86. The summed E-state index contributed by atoms with van der Waals surface area (Å²) in [5.41, 5.74) is 0.828. The van der Waals surface area contributed by atoms with Gasteiger partial charge < -0.3 is 14.6 Å². The average molecular weight is 517 g/mol. The van der Waals surface area contributed by atoms with Gasteiger partial charge in [0.15, 0.2) is 11.2 Å². The summed E-state index contributed by atoms with van der Waals surface area (Å²) >= 11 is 12.1. The highest BCUT2D eigenvalue weighted by molar-refractivity contribution is 6.42. The lowest BCUT2D eigenvalue weighted by Gasteiger charge is -2.09. The molecule has 1 aromatic carbocycles. The van der Waals surface area contributed by atoms with Gasteiger partial charge in [0.1, 0.15) is 5.82 Å². The van der Waals surface area contributed by atoms with E-state index in [1.54, 1.807) is 55.1 Å². The number of carbonyl (C=O) groups is 1. The van der Waals surface area contributed by atoms with Crippen molar-refractivity contribution in [2.24, 2.45) is 14.1 Å². The molecule has 0 aliphatic carbocycles. The van der Waals surface area contributed by atoms with Crippen molar-refractivity contribution in [2.75, 3.05) is 12.4 Å². The van der Waals surface area contributed by atoms with E-state index in [1.165, 1.54) is 11.7 Å². The Bertz CT molecular complexity index is 1560. The molecule has 4 rings (SSSR count). The molecule has 182 valence electrons. The Balaban J connectivity index is 1.70. The van der Waals surface area contributed by atoms with Gasteiger partial charge in [-0.2, -0.15) is 4.98 Å². The lowest BCUT2D eigenvalue weighted by Crippen LogP contribution is -2.39. The average Bonchev–Trinajstić information content (AvgIpc) is 3.17. The number of esters is 1. The summed E-state index contributed by atoms with van der Waals surface area (Å²) in [4.78, 5) is 46.7. The number of aryl methyl sites for hydroxylation is 3. The molecule has 0 aliphatic rings. The Hall–Kier alpha value is -3.63. The number of ether oxygens (including phenoxy) is 1. The number of nitrogens with one attached hydrogen (secondary N) is 1. The Morgan fingerprint density at radius 1 is 1.06 bits per heavy atom. The standard InChI is InChI=1S/C23H22Cl2N6O4/c1-29-19-20(28-22(29)27-17-6-4-5-14(26-17)8-10-18(32)35-3)30(2)23(34)31(21(19)33)12-13-7-9-15(24)16(25)11-13/h4-7,9,11H,8,10,12H2,1-3H3,(H,26,27,28). The van der Waals surface area contributed by atoms with Gasteiger partial charge in [0.25, 0.3) is 5.56 Å². The van der Waals surface area contributed by atoms with E-state index in [0.29, 0.717) is 39.5 Å². The maximum absolute atomic E-state index is 13.3. The summed E-state index contributed by atoms with van der Waals surface area (Å²) in [6.45, 7) is 0.0239. The topological polar surface area (TPSA) is 113 Å². The minimum atomic E-state index is -0.513. The molecule has 0 radical (unpaired) electrons. The summed E-state index contributed by atoms with van der Waals surface area (Å²) in [6.07, 6.45) is 0.623. The van der Waals surface area contributed by atoms with Crippen LogP contribution in [0, 0.1) is 0 Å². The molecule has 4 aromatic rings. The van der Waals surface area contributed by atoms with E-state index in [-0.39, 0.29) is 30.1 Å². The molecule has 0 bridgehead atoms. The number of nitrogens with zero attached hydrogens (tertiary/aromatic N) is 5. The van der Waals surface area contributed by atoms with Gasteiger partial charge in [-0.25, -0.2) is 9.78 Å². The maximum Gasteiger partial charge on any atom is 0.332 e. The fourth-order valence-electron chi connectivity index (χ4n) is 3.65. The Kier molecular flexibility index (Phi) is 6.95. The normalized spacial score (nSPS) is 11.1. The van der Waals surface area contributed by atoms with Crippen molar-refractivity contribution in [3.8, 4) is 0 Å². The van der Waals surface area contributed by atoms with E-state index in [4.69, 9.17) is 23.2 Å². The molecule has 3 heterocycles. The molecule has 0 amide bonds. The zero-order chi connectivity index (χ0) is 25.3. The number of methoxy groups -OCH3 is 1. The third-order valence-corrected chi connectivity index (χ3v) is 6.28. The van der Waals surface area contributed by atoms with Crippen LogP contribution in [-0.4, -0.2) is 36.7 Å². The van der Waals surface area contributed by atoms with Crippen LogP contribution in [0.15, 0.2) is 46.0 Å². The third kappa shape index (κ3) is 4.94. The van der Waals surface area contributed by atoms with Gasteiger partial charge >= 0.3 is 11.7 Å². The second kappa shape index (κ2) is 9.93. The smallest absolute Gasteiger partial charge is 0.332 e. The molecule has 0 atom stereocenters. The van der Waals surface area contributed by atoms with E-state index < -0.39 is 11.2 Å². The molecule has 0 fully saturated rings. The molecule has 0 unspecified atom stereocenters. The van der Waals surface area contributed by atoms with Gasteiger partial charge in [-0.05, 0) is 29.8 Å². The highest BCUT2D eigenvalue weighted by Crippen LogP contribution is 2.23. The highest BCUT2D eigenvalue weighted by Gasteiger charge is 2.19. The van der Waals surface area contributed by atoms with E-state index in [2.05, 4.69) is 20.0 Å². The SMILES string of the molecule is COC(=O)CCc1cccc(Nc2nc3c(c(=O)n(Cc4ccc(Cl)c(Cl)c4)c(=O)n3C)n2C)n1. The molecular weight excluding hydrogens is 495 g/mol. The predicted molar refractivity (Wildman–Crippen MR) is 134 cm³/mol. The first kappa shape index (κ1) is 24.5. The highest BCUT2D eigenvalue weighted by atomic mass is 35.5. The summed E-state index contributed by atoms with van der Waals surface area (Å²) in [7, 11) is 4.57. The van der Waals surface area contributed by atoms with Gasteiger partial charge in [-0.1, -0.05) is 35.3 Å². The van der Waals surface area contributed by atoms with Gasteiger partial charge in [0, 0.05) is 26.2 Å². The maximum atomic E-state index is 13.3. The van der Waals surface area contributed by atoms with Crippen LogP contribution in [-0.2, 0) is 36.6 Å². The van der Waals surface area contributed by atoms with Crippen LogP contribution in [0.1, 0.15) is 17.7 Å². The summed E-state index contributed by atoms with van der Waals surface area (Å²) in [5, 5.41) is 3.81. The quantitative estimate of drug-likeness (QED) is 0.375. The zero-order valence-electron chi connectivity index (χ0n) is 19.2. The van der Waals surface area contributed by atoms with Crippen molar-refractivity contribution in [3.63, 3.8) is 0 Å². The molecule has 0 spiro atoms. The summed E-state index contributed by atoms with van der Waals surface area (Å²) in [6, 6.07) is 10.3. The van der Waals surface area contributed by atoms with Crippen molar-refractivity contribution in [2.45, 2.75) is 19.4 Å². The van der Waals surface area contributed by atoms with Crippen LogP contribution in [0.5, 0.6) is 0 Å². The minimum absolute atomic E-state index is 0.0239. The van der Waals surface area contributed by atoms with E-state index >= 15 is 0 Å². The number of halogens is 2. The molecule has 0 aliphatic heterocycles. The largest absolute Gasteiger partial charge is 0.469 e. The molecule has 35 heavy (non-hydrogen) atoms. The van der Waals surface area contributed by atoms with E-state index in [1.807, 2.05) is 0 Å². The molecule has 12 heteroatoms. The number of benzene rings is 1. The first-order chi connectivity index (χ1) is 16.7. The van der Waals surface area contributed by atoms with Crippen LogP contribution in [0.3, 0.4) is 0 Å². The van der Waals surface area contributed by atoms with Crippen molar-refractivity contribution >= 4 is 52.1 Å². The fraction of sp³-hybridized carbons (Fsp3) is 0.261. The van der Waals surface area contributed by atoms with E-state index in [9.17, 15) is 14.4 Å². The fourth-order valence-corrected chi connectivity index (χ4v) is 3.97. The first-order valence-electron chi connectivity index (χ1n) is 10.6. The Morgan fingerprint density at radius 2 is 1.83 bits per heavy atom. The van der Waals surface area contributed by atoms with Crippen LogP contribution >= 0.6 is 23.2 Å². The third-order valence-electron chi connectivity index (χ3n) is 5.54. The van der Waals surface area contributed by atoms with Crippen molar-refractivity contribution in [1.82, 2.24) is 23.7 Å². The molecule has 1 N–H and O–H groups in total. The number of fused-ring (bicyclic) bond motifs is 1. The number of carbonyl (C=O) groups excluding carboxylic acids is 1. The van der Waals surface area contributed by atoms with Crippen molar-refractivity contribution in [3.05, 3.63) is 78.5 Å². The second-order valence-corrected chi connectivity index (χ2v) is 8.68. The summed E-state index contributed by atoms with van der Waals surface area (Å²) < 4.78 is 8.69. The molecule has 0 saturated heterocycles. The molecule has 10 nitrogen and oxygen atoms in total. The predicted octanol–water partition coefficient (Wildman–Crippen LogP) is 3.03. The number of imidazole rings is 1. The van der Waals surface area contributed by atoms with Gasteiger partial charge in [0.05, 0.1) is 30.1 Å². The van der Waals surface area contributed by atoms with Crippen LogP contribution in [0.25, 0.3) is 11.2 Å². The Labute approximate surface area is 209 Å². The lowest BCUT2D eigenvalue weighted by atomic mass is 10.2. The van der Waals surface area contributed by atoms with Crippen molar-refractivity contribution < 1.29 is 9.53 Å². The minimum Gasteiger partial charge on any atom is -0.469 e. The molecule has 0 saturated carbocycles. The lowest BCUT2D eigenvalue weighted by molar-refractivity contribution is -0.140. The number of rotatable bonds is 7. The molecular formula is C23H22Cl2N6O4. The number of aromatic nitrogens is 5. The number of hydrogen-bond donors (Lipinski definition) is 1. The first-order valence-corrected chi connectivity index (χ1v) is 11.3. The number of anilines is 2. The van der Waals surface area contributed by atoms with E-state index in [0.717, 1.165) is 4.57 Å². The number of pyridine rings is 1. The van der Waals surface area contributed by atoms with Crippen LogP contribution in [0.2, 0.25) is 10.0 Å². The van der Waals surface area contributed by atoms with Crippen LogP contribution in [0.4, 0.5) is 11.8 Å². The Morgan fingerprint density at radius 3 is 2.54 bits per heavy atom. The van der Waals surface area contributed by atoms with Gasteiger partial charge in [-0.3, -0.25) is 18.7 Å². The monoisotopic (exact) mass is 516 g/mol. The van der Waals surface area contributed by atoms with Gasteiger partial charge in [-0.15, -0.1) is 0 Å². The van der Waals surface area contributed by atoms with Crippen molar-refractivity contribution in [1.29, 1.82) is 0 Å². The molecule has 3 aromatic heterocycles. The number of hydrogen-bond acceptors (Lipinski definition) is 7. The van der Waals surface area contributed by atoms with Crippen LogP contribution < -0.4 is 16.6 Å². The van der Waals surface area contributed by atoms with Gasteiger partial charge in [0.2, 0.25) is 5.95 Å².